The van der Waals surface area contributed by atoms with Crippen molar-refractivity contribution in [2.45, 2.75) is 39.3 Å². The van der Waals surface area contributed by atoms with Gasteiger partial charge in [0.25, 0.3) is 11.8 Å². The second-order valence-electron chi connectivity index (χ2n) is 8.19. The van der Waals surface area contributed by atoms with Crippen molar-refractivity contribution in [3.8, 4) is 11.3 Å². The number of carbonyl (C=O) groups excluding carboxylic acids is 2. The zero-order chi connectivity index (χ0) is 22.1. The number of hydrogen-bond donors (Lipinski definition) is 3. The van der Waals surface area contributed by atoms with Crippen molar-refractivity contribution < 1.29 is 9.59 Å². The third kappa shape index (κ3) is 4.17. The minimum Gasteiger partial charge on any atom is -0.383 e. The number of nitrogen functional groups attached to an aromatic ring is 1. The van der Waals surface area contributed by atoms with Gasteiger partial charge in [0.15, 0.2) is 0 Å². The Morgan fingerprint density at radius 3 is 2.45 bits per heavy atom. The van der Waals surface area contributed by atoms with Crippen LogP contribution < -0.4 is 16.8 Å². The van der Waals surface area contributed by atoms with Crippen molar-refractivity contribution in [2.75, 3.05) is 5.73 Å². The van der Waals surface area contributed by atoms with Crippen molar-refractivity contribution in [1.82, 2.24) is 15.1 Å². The summed E-state index contributed by atoms with van der Waals surface area (Å²) in [4.78, 5) is 24.5. The maximum atomic E-state index is 12.4. The summed E-state index contributed by atoms with van der Waals surface area (Å²) in [5.41, 5.74) is 15.9. The van der Waals surface area contributed by atoms with E-state index in [4.69, 9.17) is 11.5 Å². The molecular formula is C24H27N5O2. The fraction of sp³-hybridized carbons (Fsp3) is 0.292. The number of amides is 2. The number of hydrogen-bond acceptors (Lipinski definition) is 4. The monoisotopic (exact) mass is 417 g/mol. The van der Waals surface area contributed by atoms with Crippen LogP contribution in [0.2, 0.25) is 0 Å². The largest absolute Gasteiger partial charge is 0.383 e. The molecule has 2 amide bonds. The first-order chi connectivity index (χ1) is 14.9. The van der Waals surface area contributed by atoms with Gasteiger partial charge in [0.1, 0.15) is 17.1 Å². The van der Waals surface area contributed by atoms with Crippen LogP contribution in [0.25, 0.3) is 11.3 Å². The molecule has 0 bridgehead atoms. The van der Waals surface area contributed by atoms with E-state index in [2.05, 4.69) is 17.3 Å². The number of aryl methyl sites for hydroxylation is 1. The SMILES string of the molecule is Cc1ccccc1C(=O)NCc1ccc(-c2nn(C(C)C3CC3)c(N)c2C(N)=O)cc1. The highest BCUT2D eigenvalue weighted by Gasteiger charge is 2.33. The molecule has 0 radical (unpaired) electrons. The molecule has 0 aliphatic heterocycles. The lowest BCUT2D eigenvalue weighted by Crippen LogP contribution is -2.23. The van der Waals surface area contributed by atoms with Gasteiger partial charge < -0.3 is 16.8 Å². The molecule has 2 aromatic carbocycles. The average molecular weight is 418 g/mol. The highest BCUT2D eigenvalue weighted by Crippen LogP contribution is 2.41. The fourth-order valence-electron chi connectivity index (χ4n) is 3.87. The summed E-state index contributed by atoms with van der Waals surface area (Å²) < 4.78 is 1.73. The van der Waals surface area contributed by atoms with Crippen LogP contribution in [0.1, 0.15) is 57.7 Å². The summed E-state index contributed by atoms with van der Waals surface area (Å²) >= 11 is 0. The average Bonchev–Trinajstić information content (AvgIpc) is 3.54. The Balaban J connectivity index is 1.53. The lowest BCUT2D eigenvalue weighted by Gasteiger charge is -2.12. The number of nitrogens with one attached hydrogen (secondary N) is 1. The third-order valence-corrected chi connectivity index (χ3v) is 5.95. The predicted molar refractivity (Wildman–Crippen MR) is 120 cm³/mol. The third-order valence-electron chi connectivity index (χ3n) is 5.95. The number of benzene rings is 2. The standard InChI is InChI=1S/C24H27N5O2/c1-14-5-3-4-6-19(14)24(31)27-13-16-7-9-18(10-8-16)21-20(23(26)30)22(25)29(28-21)15(2)17-11-12-17/h3-10,15,17H,11-13,25H2,1-2H3,(H2,26,30)(H,27,31). The lowest BCUT2D eigenvalue weighted by molar-refractivity contribution is 0.0949. The maximum absolute atomic E-state index is 12.4. The highest BCUT2D eigenvalue weighted by molar-refractivity contribution is 6.03. The van der Waals surface area contributed by atoms with E-state index in [0.29, 0.717) is 29.5 Å². The molecule has 1 aliphatic carbocycles. The number of rotatable bonds is 7. The minimum atomic E-state index is -0.587. The van der Waals surface area contributed by atoms with Crippen LogP contribution in [0.15, 0.2) is 48.5 Å². The molecule has 4 rings (SSSR count). The molecule has 5 N–H and O–H groups in total. The van der Waals surface area contributed by atoms with E-state index in [-0.39, 0.29) is 17.5 Å². The molecule has 3 aromatic rings. The molecule has 7 nitrogen and oxygen atoms in total. The van der Waals surface area contributed by atoms with Gasteiger partial charge in [0, 0.05) is 17.7 Å². The predicted octanol–water partition coefficient (Wildman–Crippen LogP) is 3.44. The van der Waals surface area contributed by atoms with Gasteiger partial charge in [0.05, 0.1) is 6.04 Å². The van der Waals surface area contributed by atoms with E-state index in [1.165, 1.54) is 0 Å². The van der Waals surface area contributed by atoms with Crippen molar-refractivity contribution in [3.05, 3.63) is 70.8 Å². The van der Waals surface area contributed by atoms with E-state index in [9.17, 15) is 9.59 Å². The van der Waals surface area contributed by atoms with Gasteiger partial charge in [-0.3, -0.25) is 9.59 Å². The smallest absolute Gasteiger partial charge is 0.254 e. The van der Waals surface area contributed by atoms with Gasteiger partial charge in [-0.25, -0.2) is 4.68 Å². The van der Waals surface area contributed by atoms with Gasteiger partial charge >= 0.3 is 0 Å². The first-order valence-electron chi connectivity index (χ1n) is 10.5. The molecule has 7 heteroatoms. The van der Waals surface area contributed by atoms with E-state index < -0.39 is 5.91 Å². The number of nitrogens with two attached hydrogens (primary N) is 2. The molecule has 1 aliphatic rings. The van der Waals surface area contributed by atoms with Crippen LogP contribution in [0.5, 0.6) is 0 Å². The van der Waals surface area contributed by atoms with Gasteiger partial charge in [-0.2, -0.15) is 5.10 Å². The molecule has 0 saturated heterocycles. The van der Waals surface area contributed by atoms with Crippen molar-refractivity contribution in [3.63, 3.8) is 0 Å². The molecule has 31 heavy (non-hydrogen) atoms. The Kier molecular flexibility index (Phi) is 5.50. The summed E-state index contributed by atoms with van der Waals surface area (Å²) in [7, 11) is 0. The molecule has 1 unspecified atom stereocenters. The van der Waals surface area contributed by atoms with Gasteiger partial charge in [-0.05, 0) is 49.8 Å². The second kappa shape index (κ2) is 8.26. The maximum Gasteiger partial charge on any atom is 0.254 e. The van der Waals surface area contributed by atoms with Crippen LogP contribution >= 0.6 is 0 Å². The molecule has 1 atom stereocenters. The first kappa shape index (κ1) is 20.7. The van der Waals surface area contributed by atoms with Crippen LogP contribution in [0.4, 0.5) is 5.82 Å². The Hall–Kier alpha value is -3.61. The molecule has 1 saturated carbocycles. The zero-order valence-corrected chi connectivity index (χ0v) is 17.8. The van der Waals surface area contributed by atoms with E-state index in [1.807, 2.05) is 55.5 Å². The van der Waals surface area contributed by atoms with Crippen LogP contribution in [0, 0.1) is 12.8 Å². The Labute approximate surface area is 181 Å². The number of aromatic nitrogens is 2. The summed E-state index contributed by atoms with van der Waals surface area (Å²) in [6.45, 7) is 4.37. The van der Waals surface area contributed by atoms with Crippen molar-refractivity contribution in [1.29, 1.82) is 0 Å². The Morgan fingerprint density at radius 2 is 1.84 bits per heavy atom. The molecule has 1 fully saturated rings. The van der Waals surface area contributed by atoms with Crippen molar-refractivity contribution in [2.24, 2.45) is 11.7 Å². The van der Waals surface area contributed by atoms with Crippen LogP contribution in [-0.4, -0.2) is 21.6 Å². The molecule has 1 aromatic heterocycles. The number of carbonyl (C=O) groups is 2. The summed E-state index contributed by atoms with van der Waals surface area (Å²) in [6, 6.07) is 15.1. The molecule has 1 heterocycles. The summed E-state index contributed by atoms with van der Waals surface area (Å²) in [5.74, 6) is 0.154. The van der Waals surface area contributed by atoms with E-state index >= 15 is 0 Å². The highest BCUT2D eigenvalue weighted by atomic mass is 16.2. The summed E-state index contributed by atoms with van der Waals surface area (Å²) in [6.07, 6.45) is 2.29. The minimum absolute atomic E-state index is 0.112. The summed E-state index contributed by atoms with van der Waals surface area (Å²) in [5, 5.41) is 7.58. The topological polar surface area (TPSA) is 116 Å². The number of anilines is 1. The molecular weight excluding hydrogens is 390 g/mol. The van der Waals surface area contributed by atoms with E-state index in [0.717, 1.165) is 29.5 Å². The second-order valence-corrected chi connectivity index (χ2v) is 8.19. The van der Waals surface area contributed by atoms with Gasteiger partial charge in [0.2, 0.25) is 0 Å². The van der Waals surface area contributed by atoms with Gasteiger partial charge in [-0.15, -0.1) is 0 Å². The fourth-order valence-corrected chi connectivity index (χ4v) is 3.87. The quantitative estimate of drug-likeness (QED) is 0.546. The Morgan fingerprint density at radius 1 is 1.16 bits per heavy atom. The number of primary amides is 1. The van der Waals surface area contributed by atoms with E-state index in [1.54, 1.807) is 4.68 Å². The van der Waals surface area contributed by atoms with Crippen molar-refractivity contribution >= 4 is 17.6 Å². The van der Waals surface area contributed by atoms with Gasteiger partial charge in [-0.1, -0.05) is 42.5 Å². The van der Waals surface area contributed by atoms with Crippen LogP contribution in [-0.2, 0) is 6.54 Å². The molecule has 160 valence electrons. The number of nitrogens with zero attached hydrogens (tertiary/aromatic N) is 2. The normalized spacial score (nSPS) is 14.3. The zero-order valence-electron chi connectivity index (χ0n) is 17.8. The molecule has 0 spiro atoms. The first-order valence-corrected chi connectivity index (χ1v) is 10.5. The Bertz CT molecular complexity index is 1130. The lowest BCUT2D eigenvalue weighted by atomic mass is 10.0. The van der Waals surface area contributed by atoms with Crippen LogP contribution in [0.3, 0.4) is 0 Å².